The fourth-order valence-corrected chi connectivity index (χ4v) is 3.84. The number of nitrogens with one attached hydrogen (secondary N) is 2. The first kappa shape index (κ1) is 21.7. The lowest BCUT2D eigenvalue weighted by atomic mass is 10.1. The van der Waals surface area contributed by atoms with Crippen LogP contribution in [-0.2, 0) is 4.74 Å². The molecule has 158 valence electrons. The third kappa shape index (κ3) is 5.34. The van der Waals surface area contributed by atoms with E-state index in [0.29, 0.717) is 19.1 Å². The molecule has 7 nitrogen and oxygen atoms in total. The van der Waals surface area contributed by atoms with Gasteiger partial charge in [-0.25, -0.2) is 9.97 Å². The summed E-state index contributed by atoms with van der Waals surface area (Å²) in [6.45, 7) is 12.6. The molecule has 0 aliphatic carbocycles. The normalized spacial score (nSPS) is 17.5. The number of anilines is 2. The van der Waals surface area contributed by atoms with Gasteiger partial charge in [-0.2, -0.15) is 0 Å². The summed E-state index contributed by atoms with van der Waals surface area (Å²) in [7, 11) is 1.74. The van der Waals surface area contributed by atoms with E-state index in [1.54, 1.807) is 13.1 Å². The number of rotatable bonds is 7. The van der Waals surface area contributed by atoms with E-state index in [4.69, 9.17) is 9.72 Å². The Hall–Kier alpha value is -2.97. The molecule has 2 N–H and O–H groups in total. The molecule has 0 radical (unpaired) electrons. The SMILES string of the molecule is C=C/C=C(\C=C)C1CN(c2cccc(-c3csc(NC(=NC)NCC)n3)n2)CCO1. The molecule has 2 aromatic rings. The van der Waals surface area contributed by atoms with Crippen LogP contribution < -0.4 is 15.5 Å². The Morgan fingerprint density at radius 3 is 2.97 bits per heavy atom. The highest BCUT2D eigenvalue weighted by atomic mass is 32.1. The summed E-state index contributed by atoms with van der Waals surface area (Å²) in [5.74, 6) is 1.61. The Bertz CT molecular complexity index is 935. The van der Waals surface area contributed by atoms with E-state index in [0.717, 1.165) is 41.0 Å². The number of allylic oxidation sites excluding steroid dienone is 2. The molecule has 1 atom stereocenters. The third-order valence-electron chi connectivity index (χ3n) is 4.60. The molecule has 1 saturated heterocycles. The summed E-state index contributed by atoms with van der Waals surface area (Å²) in [5.41, 5.74) is 2.69. The van der Waals surface area contributed by atoms with Gasteiger partial charge in [0.2, 0.25) is 0 Å². The molecule has 0 spiro atoms. The van der Waals surface area contributed by atoms with Crippen LogP contribution in [0.2, 0.25) is 0 Å². The Labute approximate surface area is 181 Å². The lowest BCUT2D eigenvalue weighted by molar-refractivity contribution is 0.0661. The van der Waals surface area contributed by atoms with Crippen molar-refractivity contribution in [2.75, 3.05) is 43.5 Å². The van der Waals surface area contributed by atoms with Gasteiger partial charge < -0.3 is 20.3 Å². The monoisotopic (exact) mass is 424 g/mol. The zero-order chi connectivity index (χ0) is 21.3. The molecule has 0 saturated carbocycles. The molecule has 0 aromatic carbocycles. The number of nitrogens with zero attached hydrogens (tertiary/aromatic N) is 4. The first-order valence-electron chi connectivity index (χ1n) is 9.90. The van der Waals surface area contributed by atoms with Crippen molar-refractivity contribution in [1.82, 2.24) is 15.3 Å². The molecule has 1 aliphatic rings. The van der Waals surface area contributed by atoms with E-state index in [9.17, 15) is 0 Å². The van der Waals surface area contributed by atoms with Gasteiger partial charge in [0.1, 0.15) is 17.6 Å². The van der Waals surface area contributed by atoms with Crippen molar-refractivity contribution < 1.29 is 4.74 Å². The molecule has 3 rings (SSSR count). The van der Waals surface area contributed by atoms with Crippen LogP contribution in [0.25, 0.3) is 11.4 Å². The lowest BCUT2D eigenvalue weighted by Crippen LogP contribution is -2.43. The van der Waals surface area contributed by atoms with Crippen LogP contribution in [0.3, 0.4) is 0 Å². The molecular formula is C22H28N6OS. The van der Waals surface area contributed by atoms with Crippen molar-refractivity contribution in [3.63, 3.8) is 0 Å². The summed E-state index contributed by atoms with van der Waals surface area (Å²) in [5, 5.41) is 9.14. The number of aromatic nitrogens is 2. The van der Waals surface area contributed by atoms with Crippen molar-refractivity contribution in [2.24, 2.45) is 4.99 Å². The number of hydrogen-bond acceptors (Lipinski definition) is 6. The average molecular weight is 425 g/mol. The molecule has 3 heterocycles. The predicted octanol–water partition coefficient (Wildman–Crippen LogP) is 3.72. The first-order chi connectivity index (χ1) is 14.7. The van der Waals surface area contributed by atoms with Crippen molar-refractivity contribution in [3.8, 4) is 11.4 Å². The summed E-state index contributed by atoms with van der Waals surface area (Å²) in [4.78, 5) is 15.9. The number of aliphatic imine (C=N–C) groups is 1. The van der Waals surface area contributed by atoms with Gasteiger partial charge in [-0.1, -0.05) is 37.5 Å². The Morgan fingerprint density at radius 2 is 2.23 bits per heavy atom. The van der Waals surface area contributed by atoms with Gasteiger partial charge in [-0.15, -0.1) is 11.3 Å². The molecule has 30 heavy (non-hydrogen) atoms. The predicted molar refractivity (Wildman–Crippen MR) is 126 cm³/mol. The average Bonchev–Trinajstić information content (AvgIpc) is 3.26. The van der Waals surface area contributed by atoms with E-state index >= 15 is 0 Å². The molecule has 1 fully saturated rings. The molecule has 2 aromatic heterocycles. The van der Waals surface area contributed by atoms with Crippen LogP contribution in [0, 0.1) is 0 Å². The second-order valence-electron chi connectivity index (χ2n) is 6.56. The van der Waals surface area contributed by atoms with Gasteiger partial charge in [0.15, 0.2) is 11.1 Å². The minimum Gasteiger partial charge on any atom is -0.370 e. The number of thiazole rings is 1. The van der Waals surface area contributed by atoms with Gasteiger partial charge in [0, 0.05) is 32.1 Å². The van der Waals surface area contributed by atoms with E-state index < -0.39 is 0 Å². The Morgan fingerprint density at radius 1 is 1.37 bits per heavy atom. The smallest absolute Gasteiger partial charge is 0.197 e. The largest absolute Gasteiger partial charge is 0.370 e. The van der Waals surface area contributed by atoms with E-state index in [-0.39, 0.29) is 6.10 Å². The minimum atomic E-state index is -0.0485. The summed E-state index contributed by atoms with van der Waals surface area (Å²) in [6.07, 6.45) is 5.48. The molecular weight excluding hydrogens is 396 g/mol. The number of guanidine groups is 1. The number of morpholine rings is 1. The Balaban J connectivity index is 1.76. The van der Waals surface area contributed by atoms with Crippen molar-refractivity contribution in [2.45, 2.75) is 13.0 Å². The molecule has 0 bridgehead atoms. The van der Waals surface area contributed by atoms with Crippen molar-refractivity contribution in [1.29, 1.82) is 0 Å². The number of ether oxygens (including phenoxy) is 1. The highest BCUT2D eigenvalue weighted by Crippen LogP contribution is 2.26. The summed E-state index contributed by atoms with van der Waals surface area (Å²) in [6, 6.07) is 6.02. The van der Waals surface area contributed by atoms with Crippen LogP contribution in [0.15, 0.2) is 65.5 Å². The zero-order valence-electron chi connectivity index (χ0n) is 17.5. The van der Waals surface area contributed by atoms with Crippen LogP contribution in [0.5, 0.6) is 0 Å². The fourth-order valence-electron chi connectivity index (χ4n) is 3.14. The second-order valence-corrected chi connectivity index (χ2v) is 7.42. The maximum absolute atomic E-state index is 5.93. The highest BCUT2D eigenvalue weighted by Gasteiger charge is 2.23. The molecule has 0 amide bonds. The van der Waals surface area contributed by atoms with Crippen LogP contribution in [-0.4, -0.2) is 55.3 Å². The molecule has 8 heteroatoms. The third-order valence-corrected chi connectivity index (χ3v) is 5.36. The number of pyridine rings is 1. The van der Waals surface area contributed by atoms with Gasteiger partial charge in [-0.3, -0.25) is 4.99 Å². The summed E-state index contributed by atoms with van der Waals surface area (Å²) < 4.78 is 5.93. The zero-order valence-corrected chi connectivity index (χ0v) is 18.3. The number of hydrogen-bond donors (Lipinski definition) is 2. The van der Waals surface area contributed by atoms with Gasteiger partial charge in [0.05, 0.1) is 12.3 Å². The van der Waals surface area contributed by atoms with E-state index in [2.05, 4.69) is 38.7 Å². The highest BCUT2D eigenvalue weighted by molar-refractivity contribution is 7.14. The van der Waals surface area contributed by atoms with Gasteiger partial charge in [-0.05, 0) is 24.6 Å². The second kappa shape index (κ2) is 10.7. The lowest BCUT2D eigenvalue weighted by Gasteiger charge is -2.34. The molecule has 1 unspecified atom stereocenters. The fraction of sp³-hybridized carbons (Fsp3) is 0.318. The Kier molecular flexibility index (Phi) is 7.75. The van der Waals surface area contributed by atoms with E-state index in [1.807, 2.05) is 42.7 Å². The standard InChI is InChI=1S/C22H28N6OS/c1-5-9-16(6-2)19-14-28(12-13-29-19)20-11-8-10-17(25-20)18-15-30-22(26-18)27-21(23-4)24-7-3/h5-6,8-11,15,19H,1-2,7,12-14H2,3-4H3,(H2,23,24,26,27)/b16-9+. The van der Waals surface area contributed by atoms with Crippen molar-refractivity contribution in [3.05, 3.63) is 60.5 Å². The quantitative estimate of drug-likeness (QED) is 0.401. The van der Waals surface area contributed by atoms with Crippen LogP contribution >= 0.6 is 11.3 Å². The van der Waals surface area contributed by atoms with Gasteiger partial charge in [0.25, 0.3) is 0 Å². The maximum Gasteiger partial charge on any atom is 0.197 e. The van der Waals surface area contributed by atoms with Crippen molar-refractivity contribution >= 4 is 28.2 Å². The van der Waals surface area contributed by atoms with Crippen LogP contribution in [0.4, 0.5) is 10.9 Å². The topological polar surface area (TPSA) is 74.7 Å². The van der Waals surface area contributed by atoms with Crippen LogP contribution in [0.1, 0.15) is 6.92 Å². The maximum atomic E-state index is 5.93. The minimum absolute atomic E-state index is 0.0485. The summed E-state index contributed by atoms with van der Waals surface area (Å²) >= 11 is 1.52. The van der Waals surface area contributed by atoms with E-state index in [1.165, 1.54) is 11.3 Å². The molecule has 1 aliphatic heterocycles. The first-order valence-corrected chi connectivity index (χ1v) is 10.8. The van der Waals surface area contributed by atoms with Gasteiger partial charge >= 0.3 is 0 Å².